The first-order chi connectivity index (χ1) is 7.86. The number of hydrogen-bond acceptors (Lipinski definition) is 2. The molecule has 0 spiro atoms. The Morgan fingerprint density at radius 3 is 2.31 bits per heavy atom. The van der Waals surface area contributed by atoms with Crippen molar-refractivity contribution in [2.24, 2.45) is 0 Å². The van der Waals surface area contributed by atoms with Gasteiger partial charge in [-0.3, -0.25) is 0 Å². The molecule has 0 radical (unpaired) electrons. The van der Waals surface area contributed by atoms with Crippen LogP contribution in [0.4, 0.5) is 5.69 Å². The maximum absolute atomic E-state index is 2.40. The molecule has 0 aliphatic rings. The third-order valence-corrected chi connectivity index (χ3v) is 3.74. The summed E-state index contributed by atoms with van der Waals surface area (Å²) < 4.78 is 0. The highest BCUT2D eigenvalue weighted by Gasteiger charge is 2.10. The van der Waals surface area contributed by atoms with Crippen LogP contribution in [0, 0.1) is 0 Å². The Kier molecular flexibility index (Phi) is 3.62. The Hall–Kier alpha value is -1.28. The van der Waals surface area contributed by atoms with Crippen molar-refractivity contribution in [2.75, 3.05) is 18.0 Å². The summed E-state index contributed by atoms with van der Waals surface area (Å²) in [6.07, 6.45) is 0. The summed E-state index contributed by atoms with van der Waals surface area (Å²) in [5, 5.41) is 2.18. The zero-order valence-electron chi connectivity index (χ0n) is 9.81. The minimum Gasteiger partial charge on any atom is -0.371 e. The molecule has 2 aromatic rings. The minimum absolute atomic E-state index is 1.06. The number of rotatable bonds is 4. The number of benzene rings is 1. The molecule has 2 rings (SSSR count). The number of thiophene rings is 1. The molecule has 0 N–H and O–H groups in total. The van der Waals surface area contributed by atoms with Gasteiger partial charge in [0.15, 0.2) is 0 Å². The molecule has 16 heavy (non-hydrogen) atoms. The van der Waals surface area contributed by atoms with Gasteiger partial charge in [0.05, 0.1) is 10.6 Å². The quantitative estimate of drug-likeness (QED) is 0.760. The van der Waals surface area contributed by atoms with Gasteiger partial charge in [0.2, 0.25) is 0 Å². The first-order valence-corrected chi connectivity index (χ1v) is 6.62. The van der Waals surface area contributed by atoms with Crippen LogP contribution in [0.2, 0.25) is 0 Å². The monoisotopic (exact) mass is 231 g/mol. The zero-order chi connectivity index (χ0) is 11.4. The largest absolute Gasteiger partial charge is 0.371 e. The lowest BCUT2D eigenvalue weighted by atomic mass is 10.1. The third-order valence-electron chi connectivity index (χ3n) is 2.78. The lowest BCUT2D eigenvalue weighted by Crippen LogP contribution is -2.21. The van der Waals surface area contributed by atoms with Gasteiger partial charge >= 0.3 is 0 Å². The second-order valence-electron chi connectivity index (χ2n) is 3.67. The van der Waals surface area contributed by atoms with Gasteiger partial charge in [0.1, 0.15) is 0 Å². The average Bonchev–Trinajstić information content (AvgIpc) is 2.81. The van der Waals surface area contributed by atoms with E-state index in [0.29, 0.717) is 0 Å². The van der Waals surface area contributed by atoms with Gasteiger partial charge in [-0.25, -0.2) is 0 Å². The molecule has 0 aliphatic carbocycles. The van der Waals surface area contributed by atoms with Crippen molar-refractivity contribution in [2.45, 2.75) is 13.8 Å². The summed E-state index contributed by atoms with van der Waals surface area (Å²) in [7, 11) is 0. The summed E-state index contributed by atoms with van der Waals surface area (Å²) in [4.78, 5) is 3.78. The maximum Gasteiger partial charge on any atom is 0.0576 e. The van der Waals surface area contributed by atoms with E-state index >= 15 is 0 Å². The van der Waals surface area contributed by atoms with Crippen molar-refractivity contribution in [1.29, 1.82) is 0 Å². The fraction of sp³-hybridized carbons (Fsp3) is 0.286. The van der Waals surface area contributed by atoms with E-state index in [0.717, 1.165) is 13.1 Å². The lowest BCUT2D eigenvalue weighted by Gasteiger charge is -2.21. The van der Waals surface area contributed by atoms with Crippen LogP contribution in [0.3, 0.4) is 0 Å². The number of anilines is 1. The van der Waals surface area contributed by atoms with Gasteiger partial charge in [-0.1, -0.05) is 30.3 Å². The van der Waals surface area contributed by atoms with Gasteiger partial charge in [-0.05, 0) is 30.9 Å². The van der Waals surface area contributed by atoms with E-state index in [-0.39, 0.29) is 0 Å². The van der Waals surface area contributed by atoms with Crippen LogP contribution >= 0.6 is 11.3 Å². The van der Waals surface area contributed by atoms with Gasteiger partial charge in [0, 0.05) is 13.1 Å². The molecular weight excluding hydrogens is 214 g/mol. The van der Waals surface area contributed by atoms with Gasteiger partial charge < -0.3 is 4.90 Å². The minimum atomic E-state index is 1.06. The maximum atomic E-state index is 2.40. The topological polar surface area (TPSA) is 3.24 Å². The van der Waals surface area contributed by atoms with Crippen molar-refractivity contribution >= 4 is 17.0 Å². The molecule has 0 unspecified atom stereocenters. The van der Waals surface area contributed by atoms with Crippen molar-refractivity contribution in [3.8, 4) is 10.4 Å². The Balaban J connectivity index is 2.40. The zero-order valence-corrected chi connectivity index (χ0v) is 10.6. The van der Waals surface area contributed by atoms with Crippen molar-refractivity contribution in [1.82, 2.24) is 0 Å². The Labute approximate surface area is 101 Å². The van der Waals surface area contributed by atoms with Gasteiger partial charge in [-0.15, -0.1) is 11.3 Å². The van der Waals surface area contributed by atoms with Crippen LogP contribution < -0.4 is 4.90 Å². The predicted octanol–water partition coefficient (Wildman–Crippen LogP) is 4.26. The molecule has 0 aliphatic heterocycles. The van der Waals surface area contributed by atoms with E-state index in [1.165, 1.54) is 16.1 Å². The fourth-order valence-electron chi connectivity index (χ4n) is 1.92. The molecule has 2 heteroatoms. The molecule has 0 saturated carbocycles. The summed E-state index contributed by atoms with van der Waals surface area (Å²) in [6, 6.07) is 12.8. The van der Waals surface area contributed by atoms with Crippen molar-refractivity contribution in [3.05, 3.63) is 41.8 Å². The molecule has 1 aromatic carbocycles. The van der Waals surface area contributed by atoms with Crippen molar-refractivity contribution < 1.29 is 0 Å². The standard InChI is InChI=1S/C14H17NS/c1-3-15(4-2)13-10-11-16-14(13)12-8-6-5-7-9-12/h5-11H,3-4H2,1-2H3. The molecule has 1 nitrogen and oxygen atoms in total. The second kappa shape index (κ2) is 5.17. The molecule has 1 aromatic heterocycles. The van der Waals surface area contributed by atoms with E-state index < -0.39 is 0 Å². The Bertz CT molecular complexity index is 429. The van der Waals surface area contributed by atoms with Crippen molar-refractivity contribution in [3.63, 3.8) is 0 Å². The van der Waals surface area contributed by atoms with Gasteiger partial charge in [-0.2, -0.15) is 0 Å². The van der Waals surface area contributed by atoms with E-state index in [2.05, 4.69) is 60.5 Å². The molecule has 0 saturated heterocycles. The molecule has 0 fully saturated rings. The van der Waals surface area contributed by atoms with Crippen LogP contribution in [0.1, 0.15) is 13.8 Å². The summed E-state index contributed by atoms with van der Waals surface area (Å²) >= 11 is 1.82. The Morgan fingerprint density at radius 1 is 1.00 bits per heavy atom. The van der Waals surface area contributed by atoms with Crippen LogP contribution in [-0.2, 0) is 0 Å². The van der Waals surface area contributed by atoms with Crippen LogP contribution in [0.15, 0.2) is 41.8 Å². The molecule has 0 bridgehead atoms. The third kappa shape index (κ3) is 2.12. The second-order valence-corrected chi connectivity index (χ2v) is 4.59. The average molecular weight is 231 g/mol. The lowest BCUT2D eigenvalue weighted by molar-refractivity contribution is 0.869. The first kappa shape index (κ1) is 11.2. The van der Waals surface area contributed by atoms with E-state index in [1.54, 1.807) is 0 Å². The molecule has 0 atom stereocenters. The van der Waals surface area contributed by atoms with E-state index in [1.807, 2.05) is 11.3 Å². The highest BCUT2D eigenvalue weighted by Crippen LogP contribution is 2.35. The van der Waals surface area contributed by atoms with Crippen LogP contribution in [-0.4, -0.2) is 13.1 Å². The molecule has 84 valence electrons. The van der Waals surface area contributed by atoms with E-state index in [9.17, 15) is 0 Å². The number of hydrogen-bond donors (Lipinski definition) is 0. The van der Waals surface area contributed by atoms with Crippen LogP contribution in [0.25, 0.3) is 10.4 Å². The summed E-state index contributed by atoms with van der Waals surface area (Å²) in [6.45, 7) is 6.53. The normalized spacial score (nSPS) is 10.4. The SMILES string of the molecule is CCN(CC)c1ccsc1-c1ccccc1. The smallest absolute Gasteiger partial charge is 0.0576 e. The van der Waals surface area contributed by atoms with Gasteiger partial charge in [0.25, 0.3) is 0 Å². The molecular formula is C14H17NS. The highest BCUT2D eigenvalue weighted by atomic mass is 32.1. The Morgan fingerprint density at radius 2 is 1.69 bits per heavy atom. The molecule has 0 amide bonds. The fourth-order valence-corrected chi connectivity index (χ4v) is 2.84. The summed E-state index contributed by atoms with van der Waals surface area (Å²) in [5.74, 6) is 0. The summed E-state index contributed by atoms with van der Waals surface area (Å²) in [5.41, 5.74) is 2.68. The van der Waals surface area contributed by atoms with Crippen LogP contribution in [0.5, 0.6) is 0 Å². The predicted molar refractivity (Wildman–Crippen MR) is 73.3 cm³/mol. The number of nitrogens with zero attached hydrogens (tertiary/aromatic N) is 1. The molecule has 1 heterocycles. The van der Waals surface area contributed by atoms with E-state index in [4.69, 9.17) is 0 Å². The highest BCUT2D eigenvalue weighted by molar-refractivity contribution is 7.14. The first-order valence-electron chi connectivity index (χ1n) is 5.74.